The Hall–Kier alpha value is -0.710. The third-order valence-electron chi connectivity index (χ3n) is 1.20. The number of methoxy groups -OCH3 is 1. The van der Waals surface area contributed by atoms with E-state index in [2.05, 4.69) is 4.74 Å². The molecular weight excluding hydrogens is 187 g/mol. The van der Waals surface area contributed by atoms with Crippen molar-refractivity contribution < 1.29 is 28.7 Å². The summed E-state index contributed by atoms with van der Waals surface area (Å²) in [5.74, 6) is -1.07. The Balaban J connectivity index is 4.55. The summed E-state index contributed by atoms with van der Waals surface area (Å²) in [4.78, 5) is 37.7. The van der Waals surface area contributed by atoms with Crippen LogP contribution < -0.4 is 0 Å². The molecule has 0 heterocycles. The predicted molar refractivity (Wildman–Crippen MR) is 38.5 cm³/mol. The zero-order valence-electron chi connectivity index (χ0n) is 6.34. The first kappa shape index (κ1) is 11.3. The number of aldehydes is 1. The molecule has 0 fully saturated rings. The molecule has 1 unspecified atom stereocenters. The van der Waals surface area contributed by atoms with Crippen LogP contribution in [0.3, 0.4) is 0 Å². The monoisotopic (exact) mass is 196 g/mol. The maximum Gasteiger partial charge on any atom is 0.340 e. The van der Waals surface area contributed by atoms with E-state index in [-0.39, 0.29) is 6.29 Å². The summed E-state index contributed by atoms with van der Waals surface area (Å²) in [6.45, 7) is 0. The summed E-state index contributed by atoms with van der Waals surface area (Å²) >= 11 is 0. The summed E-state index contributed by atoms with van der Waals surface area (Å²) in [6, 6.07) is 0. The molecule has 0 aliphatic rings. The van der Waals surface area contributed by atoms with Crippen molar-refractivity contribution in [2.45, 2.75) is 12.1 Å². The fourth-order valence-corrected chi connectivity index (χ4v) is 1.34. The molecule has 0 bridgehead atoms. The average molecular weight is 196 g/mol. The molecule has 0 radical (unpaired) electrons. The molecule has 0 aromatic heterocycles. The van der Waals surface area contributed by atoms with E-state index in [0.29, 0.717) is 0 Å². The van der Waals surface area contributed by atoms with Gasteiger partial charge in [-0.3, -0.25) is 9.36 Å². The Kier molecular flexibility index (Phi) is 4.09. The molecular formula is C5H9O6P. The van der Waals surface area contributed by atoms with Crippen LogP contribution in [0.4, 0.5) is 0 Å². The van der Waals surface area contributed by atoms with Crippen LogP contribution in [0, 0.1) is 0 Å². The zero-order chi connectivity index (χ0) is 9.78. The van der Waals surface area contributed by atoms with E-state index >= 15 is 0 Å². The lowest BCUT2D eigenvalue weighted by atomic mass is 10.3. The molecule has 1 atom stereocenters. The lowest BCUT2D eigenvalue weighted by Crippen LogP contribution is -2.22. The van der Waals surface area contributed by atoms with Crippen molar-refractivity contribution in [3.05, 3.63) is 0 Å². The van der Waals surface area contributed by atoms with Crippen LogP contribution in [0.5, 0.6) is 0 Å². The van der Waals surface area contributed by atoms with Crippen molar-refractivity contribution in [2.24, 2.45) is 0 Å². The maximum absolute atomic E-state index is 10.7. The minimum atomic E-state index is -4.57. The number of hydrogen-bond donors (Lipinski definition) is 2. The Labute approximate surface area is 68.7 Å². The van der Waals surface area contributed by atoms with Crippen molar-refractivity contribution in [1.29, 1.82) is 0 Å². The molecule has 0 amide bonds. The first-order valence-corrected chi connectivity index (χ1v) is 4.68. The minimum absolute atomic E-state index is 0.265. The zero-order valence-corrected chi connectivity index (χ0v) is 7.23. The molecule has 0 aliphatic heterocycles. The molecule has 12 heavy (non-hydrogen) atoms. The molecule has 0 aromatic rings. The van der Waals surface area contributed by atoms with E-state index in [4.69, 9.17) is 9.79 Å². The second-order valence-corrected chi connectivity index (χ2v) is 3.83. The number of esters is 1. The van der Waals surface area contributed by atoms with Gasteiger partial charge in [0.1, 0.15) is 6.29 Å². The number of hydrogen-bond acceptors (Lipinski definition) is 4. The lowest BCUT2D eigenvalue weighted by Gasteiger charge is -2.12. The lowest BCUT2D eigenvalue weighted by molar-refractivity contribution is -0.141. The van der Waals surface area contributed by atoms with Crippen LogP contribution in [-0.2, 0) is 18.9 Å². The molecule has 0 saturated heterocycles. The van der Waals surface area contributed by atoms with Gasteiger partial charge in [-0.05, 0) is 0 Å². The van der Waals surface area contributed by atoms with Crippen molar-refractivity contribution in [1.82, 2.24) is 0 Å². The highest BCUT2D eigenvalue weighted by Crippen LogP contribution is 2.42. The molecule has 0 aromatic carbocycles. The van der Waals surface area contributed by atoms with E-state index in [1.807, 2.05) is 0 Å². The third kappa shape index (κ3) is 3.13. The first-order valence-electron chi connectivity index (χ1n) is 3.00. The van der Waals surface area contributed by atoms with Crippen LogP contribution in [0.2, 0.25) is 0 Å². The molecule has 0 spiro atoms. The summed E-state index contributed by atoms with van der Waals surface area (Å²) in [7, 11) is -3.57. The third-order valence-corrected chi connectivity index (χ3v) is 2.43. The van der Waals surface area contributed by atoms with Gasteiger partial charge in [-0.2, -0.15) is 0 Å². The van der Waals surface area contributed by atoms with Crippen molar-refractivity contribution in [3.8, 4) is 0 Å². The average Bonchev–Trinajstić information content (AvgIpc) is 1.96. The number of ether oxygens (including phenoxy) is 1. The molecule has 7 heteroatoms. The Morgan fingerprint density at radius 2 is 2.17 bits per heavy atom. The maximum atomic E-state index is 10.7. The predicted octanol–water partition coefficient (Wildman–Crippen LogP) is -0.705. The fraction of sp³-hybridized carbons (Fsp3) is 0.600. The van der Waals surface area contributed by atoms with E-state index in [9.17, 15) is 14.2 Å². The van der Waals surface area contributed by atoms with Gasteiger partial charge in [-0.25, -0.2) is 0 Å². The largest absolute Gasteiger partial charge is 0.468 e. The smallest absolute Gasteiger partial charge is 0.340 e. The minimum Gasteiger partial charge on any atom is -0.468 e. The Morgan fingerprint density at radius 3 is 2.42 bits per heavy atom. The topological polar surface area (TPSA) is 101 Å². The Bertz CT molecular complexity index is 218. The molecule has 0 rings (SSSR count). The van der Waals surface area contributed by atoms with Crippen LogP contribution in [0.1, 0.15) is 6.42 Å². The highest BCUT2D eigenvalue weighted by molar-refractivity contribution is 7.53. The second-order valence-electron chi connectivity index (χ2n) is 2.03. The number of carbonyl (C=O) groups excluding carboxylic acids is 2. The fourth-order valence-electron chi connectivity index (χ4n) is 0.598. The van der Waals surface area contributed by atoms with Gasteiger partial charge in [0.2, 0.25) is 0 Å². The van der Waals surface area contributed by atoms with Gasteiger partial charge in [-0.15, -0.1) is 0 Å². The van der Waals surface area contributed by atoms with Crippen molar-refractivity contribution in [2.75, 3.05) is 7.11 Å². The first-order chi connectivity index (χ1) is 5.43. The SMILES string of the molecule is COC(=O)C(CC=O)P(=O)(O)O. The van der Waals surface area contributed by atoms with Gasteiger partial charge < -0.3 is 19.3 Å². The van der Waals surface area contributed by atoms with Crippen LogP contribution in [0.25, 0.3) is 0 Å². The highest BCUT2D eigenvalue weighted by atomic mass is 31.2. The van der Waals surface area contributed by atoms with Crippen molar-refractivity contribution >= 4 is 19.9 Å². The molecule has 2 N–H and O–H groups in total. The van der Waals surface area contributed by atoms with E-state index in [1.165, 1.54) is 0 Å². The van der Waals surface area contributed by atoms with Gasteiger partial charge in [-0.1, -0.05) is 0 Å². The number of carbonyl (C=O) groups is 2. The molecule has 70 valence electrons. The standard InChI is InChI=1S/C5H9O6P/c1-11-5(7)4(2-3-6)12(8,9)10/h3-4H,2H2,1H3,(H2,8,9,10). The highest BCUT2D eigenvalue weighted by Gasteiger charge is 2.36. The van der Waals surface area contributed by atoms with E-state index in [0.717, 1.165) is 7.11 Å². The quantitative estimate of drug-likeness (QED) is 0.350. The molecule has 0 aliphatic carbocycles. The second kappa shape index (κ2) is 4.35. The van der Waals surface area contributed by atoms with Crippen LogP contribution in [0.15, 0.2) is 0 Å². The van der Waals surface area contributed by atoms with E-state index < -0.39 is 25.6 Å². The summed E-state index contributed by atoms with van der Waals surface area (Å²) < 4.78 is 14.7. The normalized spacial score (nSPS) is 13.6. The van der Waals surface area contributed by atoms with Gasteiger partial charge in [0.15, 0.2) is 5.66 Å². The van der Waals surface area contributed by atoms with Gasteiger partial charge in [0.25, 0.3) is 0 Å². The van der Waals surface area contributed by atoms with Crippen LogP contribution in [-0.4, -0.2) is 34.8 Å². The Morgan fingerprint density at radius 1 is 1.67 bits per heavy atom. The van der Waals surface area contributed by atoms with Crippen LogP contribution >= 0.6 is 7.60 Å². The van der Waals surface area contributed by atoms with Gasteiger partial charge in [0.05, 0.1) is 7.11 Å². The van der Waals surface area contributed by atoms with E-state index in [1.54, 1.807) is 0 Å². The van der Waals surface area contributed by atoms with Gasteiger partial charge >= 0.3 is 13.6 Å². The summed E-state index contributed by atoms with van der Waals surface area (Å²) in [5.41, 5.74) is -1.67. The van der Waals surface area contributed by atoms with Gasteiger partial charge in [0, 0.05) is 6.42 Å². The molecule has 0 saturated carbocycles. The number of rotatable bonds is 4. The molecule has 6 nitrogen and oxygen atoms in total. The summed E-state index contributed by atoms with van der Waals surface area (Å²) in [5, 5.41) is 0. The summed E-state index contributed by atoms with van der Waals surface area (Å²) in [6.07, 6.45) is -0.266. The van der Waals surface area contributed by atoms with Crippen molar-refractivity contribution in [3.63, 3.8) is 0 Å².